The Balaban J connectivity index is 1.37. The minimum absolute atomic E-state index is 0.241. The first-order chi connectivity index (χ1) is 13.7. The van der Waals surface area contributed by atoms with Crippen molar-refractivity contribution in [3.63, 3.8) is 0 Å². The molecule has 0 spiro atoms. The fourth-order valence-electron chi connectivity index (χ4n) is 3.12. The Bertz CT molecular complexity index is 936. The van der Waals surface area contributed by atoms with E-state index in [1.165, 1.54) is 24.7 Å². The number of nitrogens with one attached hydrogen (secondary N) is 2. The van der Waals surface area contributed by atoms with Crippen molar-refractivity contribution in [1.29, 1.82) is 0 Å². The van der Waals surface area contributed by atoms with Gasteiger partial charge in [-0.2, -0.15) is 0 Å². The standard InChI is InChI=1S/C21H20ClN5O/c22-15-3-5-17(6-4-15)26-21(28)19-13-24-20(14-23-19)25-16-7-9-18(10-8-16)27-11-1-2-12-27/h3-10,13-14H,1-2,11-12H2,(H,24,25)(H,26,28). The maximum absolute atomic E-state index is 12.3. The summed E-state index contributed by atoms with van der Waals surface area (Å²) in [7, 11) is 0. The third-order valence-corrected chi connectivity index (χ3v) is 4.85. The van der Waals surface area contributed by atoms with Crippen molar-refractivity contribution in [2.24, 2.45) is 0 Å². The Morgan fingerprint density at radius 2 is 1.57 bits per heavy atom. The van der Waals surface area contributed by atoms with Gasteiger partial charge in [0.2, 0.25) is 0 Å². The number of nitrogens with zero attached hydrogens (tertiary/aromatic N) is 3. The van der Waals surface area contributed by atoms with Crippen LogP contribution in [0.15, 0.2) is 60.9 Å². The zero-order chi connectivity index (χ0) is 19.3. The Morgan fingerprint density at radius 1 is 0.893 bits per heavy atom. The summed E-state index contributed by atoms with van der Waals surface area (Å²) in [4.78, 5) is 23.1. The lowest BCUT2D eigenvalue weighted by molar-refractivity contribution is 0.102. The van der Waals surface area contributed by atoms with E-state index in [4.69, 9.17) is 11.6 Å². The predicted molar refractivity (Wildman–Crippen MR) is 113 cm³/mol. The molecule has 0 radical (unpaired) electrons. The van der Waals surface area contributed by atoms with E-state index in [2.05, 4.69) is 37.6 Å². The summed E-state index contributed by atoms with van der Waals surface area (Å²) >= 11 is 5.85. The van der Waals surface area contributed by atoms with Crippen LogP contribution in [0.25, 0.3) is 0 Å². The van der Waals surface area contributed by atoms with Gasteiger partial charge in [-0.25, -0.2) is 9.97 Å². The Labute approximate surface area is 168 Å². The van der Waals surface area contributed by atoms with Crippen LogP contribution in [-0.2, 0) is 0 Å². The van der Waals surface area contributed by atoms with Gasteiger partial charge in [-0.15, -0.1) is 0 Å². The molecule has 0 bridgehead atoms. The normalized spacial score (nSPS) is 13.4. The molecule has 1 aromatic heterocycles. The predicted octanol–water partition coefficient (Wildman–Crippen LogP) is 4.73. The van der Waals surface area contributed by atoms with Gasteiger partial charge in [0.15, 0.2) is 0 Å². The Hall–Kier alpha value is -3.12. The first-order valence-electron chi connectivity index (χ1n) is 9.18. The molecular formula is C21H20ClN5O. The minimum Gasteiger partial charge on any atom is -0.372 e. The molecule has 28 heavy (non-hydrogen) atoms. The van der Waals surface area contributed by atoms with Crippen molar-refractivity contribution in [3.8, 4) is 0 Å². The molecule has 1 aliphatic rings. The topological polar surface area (TPSA) is 70.2 Å². The number of benzene rings is 2. The van der Waals surface area contributed by atoms with Gasteiger partial charge in [-0.3, -0.25) is 4.79 Å². The molecule has 0 saturated carbocycles. The molecule has 2 aromatic carbocycles. The fraction of sp³-hybridized carbons (Fsp3) is 0.190. The van der Waals surface area contributed by atoms with Crippen LogP contribution in [0, 0.1) is 0 Å². The Kier molecular flexibility index (Phi) is 5.39. The van der Waals surface area contributed by atoms with Crippen LogP contribution in [0.5, 0.6) is 0 Å². The average Bonchev–Trinajstić information content (AvgIpc) is 3.26. The number of hydrogen-bond donors (Lipinski definition) is 2. The highest BCUT2D eigenvalue weighted by Gasteiger charge is 2.12. The van der Waals surface area contributed by atoms with E-state index in [1.807, 2.05) is 12.1 Å². The van der Waals surface area contributed by atoms with Crippen molar-refractivity contribution in [3.05, 3.63) is 71.6 Å². The molecule has 7 heteroatoms. The number of anilines is 4. The average molecular weight is 394 g/mol. The van der Waals surface area contributed by atoms with Crippen molar-refractivity contribution < 1.29 is 4.79 Å². The number of hydrogen-bond acceptors (Lipinski definition) is 5. The summed E-state index contributed by atoms with van der Waals surface area (Å²) in [5.41, 5.74) is 3.06. The molecule has 2 heterocycles. The number of carbonyl (C=O) groups excluding carboxylic acids is 1. The van der Waals surface area contributed by atoms with Crippen LogP contribution >= 0.6 is 11.6 Å². The quantitative estimate of drug-likeness (QED) is 0.656. The molecule has 1 fully saturated rings. The van der Waals surface area contributed by atoms with Crippen molar-refractivity contribution >= 4 is 40.4 Å². The minimum atomic E-state index is -0.323. The van der Waals surface area contributed by atoms with E-state index >= 15 is 0 Å². The molecule has 1 aliphatic heterocycles. The summed E-state index contributed by atoms with van der Waals surface area (Å²) in [6.45, 7) is 2.25. The first kappa shape index (κ1) is 18.3. The van der Waals surface area contributed by atoms with Crippen LogP contribution in [0.4, 0.5) is 22.9 Å². The lowest BCUT2D eigenvalue weighted by Gasteiger charge is -2.17. The Morgan fingerprint density at radius 3 is 2.21 bits per heavy atom. The summed E-state index contributed by atoms with van der Waals surface area (Å²) in [5, 5.41) is 6.58. The van der Waals surface area contributed by atoms with Crippen LogP contribution in [0.2, 0.25) is 5.02 Å². The number of rotatable bonds is 5. The largest absolute Gasteiger partial charge is 0.372 e. The third kappa shape index (κ3) is 4.40. The summed E-state index contributed by atoms with van der Waals surface area (Å²) in [5.74, 6) is 0.258. The second-order valence-electron chi connectivity index (χ2n) is 6.61. The van der Waals surface area contributed by atoms with Crippen molar-refractivity contribution in [2.75, 3.05) is 28.6 Å². The van der Waals surface area contributed by atoms with E-state index < -0.39 is 0 Å². The maximum atomic E-state index is 12.3. The highest BCUT2D eigenvalue weighted by Crippen LogP contribution is 2.23. The van der Waals surface area contributed by atoms with Crippen molar-refractivity contribution in [2.45, 2.75) is 12.8 Å². The molecule has 4 rings (SSSR count). The zero-order valence-corrected chi connectivity index (χ0v) is 16.0. The maximum Gasteiger partial charge on any atom is 0.275 e. The van der Waals surface area contributed by atoms with Gasteiger partial charge in [0, 0.05) is 35.2 Å². The van der Waals surface area contributed by atoms with Crippen LogP contribution < -0.4 is 15.5 Å². The van der Waals surface area contributed by atoms with E-state index in [0.717, 1.165) is 18.8 Å². The molecule has 142 valence electrons. The van der Waals surface area contributed by atoms with Gasteiger partial charge >= 0.3 is 0 Å². The zero-order valence-electron chi connectivity index (χ0n) is 15.2. The molecule has 2 N–H and O–H groups in total. The fourth-order valence-corrected chi connectivity index (χ4v) is 3.24. The summed E-state index contributed by atoms with van der Waals surface area (Å²) in [6, 6.07) is 15.2. The van der Waals surface area contributed by atoms with Crippen molar-refractivity contribution in [1.82, 2.24) is 9.97 Å². The lowest BCUT2D eigenvalue weighted by Crippen LogP contribution is -2.17. The van der Waals surface area contributed by atoms with Crippen LogP contribution in [-0.4, -0.2) is 29.0 Å². The number of amides is 1. The molecule has 0 atom stereocenters. The SMILES string of the molecule is O=C(Nc1ccc(Cl)cc1)c1cnc(Nc2ccc(N3CCCC3)cc2)cn1. The molecular weight excluding hydrogens is 374 g/mol. The third-order valence-electron chi connectivity index (χ3n) is 4.60. The van der Waals surface area contributed by atoms with E-state index in [1.54, 1.807) is 30.5 Å². The van der Waals surface area contributed by atoms with E-state index in [0.29, 0.717) is 16.5 Å². The highest BCUT2D eigenvalue weighted by atomic mass is 35.5. The molecule has 0 aliphatic carbocycles. The van der Waals surface area contributed by atoms with Gasteiger partial charge in [-0.1, -0.05) is 11.6 Å². The monoisotopic (exact) mass is 393 g/mol. The van der Waals surface area contributed by atoms with Crippen LogP contribution in [0.1, 0.15) is 23.3 Å². The smallest absolute Gasteiger partial charge is 0.275 e. The number of aromatic nitrogens is 2. The second-order valence-corrected chi connectivity index (χ2v) is 7.05. The highest BCUT2D eigenvalue weighted by molar-refractivity contribution is 6.30. The van der Waals surface area contributed by atoms with Gasteiger partial charge in [-0.05, 0) is 61.4 Å². The molecule has 1 amide bonds. The lowest BCUT2D eigenvalue weighted by atomic mass is 10.2. The molecule has 1 saturated heterocycles. The summed E-state index contributed by atoms with van der Waals surface area (Å²) in [6.07, 6.45) is 5.51. The van der Waals surface area contributed by atoms with Gasteiger partial charge < -0.3 is 15.5 Å². The van der Waals surface area contributed by atoms with Gasteiger partial charge in [0.1, 0.15) is 11.5 Å². The van der Waals surface area contributed by atoms with E-state index in [9.17, 15) is 4.79 Å². The van der Waals surface area contributed by atoms with Crippen LogP contribution in [0.3, 0.4) is 0 Å². The number of halogens is 1. The summed E-state index contributed by atoms with van der Waals surface area (Å²) < 4.78 is 0. The molecule has 3 aromatic rings. The van der Waals surface area contributed by atoms with E-state index in [-0.39, 0.29) is 11.6 Å². The van der Waals surface area contributed by atoms with Gasteiger partial charge in [0.25, 0.3) is 5.91 Å². The second kappa shape index (κ2) is 8.27. The molecule has 6 nitrogen and oxygen atoms in total. The van der Waals surface area contributed by atoms with Gasteiger partial charge in [0.05, 0.1) is 12.4 Å². The first-order valence-corrected chi connectivity index (χ1v) is 9.56. The number of carbonyl (C=O) groups is 1. The molecule has 0 unspecified atom stereocenters.